The van der Waals surface area contributed by atoms with Crippen LogP contribution in [0.25, 0.3) is 10.9 Å². The van der Waals surface area contributed by atoms with Gasteiger partial charge in [-0.05, 0) is 43.2 Å². The molecule has 0 amide bonds. The number of anilines is 1. The molecule has 1 saturated carbocycles. The molecule has 2 aliphatic rings. The van der Waals surface area contributed by atoms with Gasteiger partial charge in [-0.2, -0.15) is 0 Å². The molecule has 1 aliphatic heterocycles. The molecule has 2 fully saturated rings. The largest absolute Gasteiger partial charge is 0.354 e. The lowest BCUT2D eigenvalue weighted by Crippen LogP contribution is -2.43. The molecule has 0 bridgehead atoms. The van der Waals surface area contributed by atoms with Gasteiger partial charge in [-0.3, -0.25) is 4.79 Å². The molecule has 3 heterocycles. The van der Waals surface area contributed by atoms with Crippen LogP contribution in [-0.2, 0) is 0 Å². The zero-order valence-corrected chi connectivity index (χ0v) is 16.7. The summed E-state index contributed by atoms with van der Waals surface area (Å²) in [4.78, 5) is 25.2. The van der Waals surface area contributed by atoms with Crippen molar-refractivity contribution in [2.45, 2.75) is 31.6 Å². The Hall–Kier alpha value is -2.87. The molecular formula is C22H25F2N5O. The Morgan fingerprint density at radius 3 is 2.43 bits per heavy atom. The summed E-state index contributed by atoms with van der Waals surface area (Å²) in [5.41, 5.74) is 0.341. The molecule has 30 heavy (non-hydrogen) atoms. The van der Waals surface area contributed by atoms with E-state index in [0.717, 1.165) is 50.7 Å². The van der Waals surface area contributed by atoms with Crippen LogP contribution in [0.15, 0.2) is 41.3 Å². The molecule has 2 aromatic heterocycles. The normalized spacial score (nSPS) is 17.1. The minimum atomic E-state index is -0.404. The standard InChI is InChI=1S/C13H13FN2O.C9H12FN3/c14-9-5-6-11-10(7-9)13(17)16-12(15-11)8-3-1-2-4-8;10-8-1-2-9(12-7-8)13-5-3-11-4-6-13/h5-8H,1-4H2,(H,15,16,17);1-2,7,11H,3-6H2. The van der Waals surface area contributed by atoms with Crippen molar-refractivity contribution >= 4 is 16.7 Å². The first kappa shape index (κ1) is 20.4. The van der Waals surface area contributed by atoms with Crippen LogP contribution in [-0.4, -0.2) is 41.1 Å². The molecule has 0 atom stereocenters. The molecule has 158 valence electrons. The monoisotopic (exact) mass is 413 g/mol. The first-order chi connectivity index (χ1) is 14.6. The summed E-state index contributed by atoms with van der Waals surface area (Å²) < 4.78 is 25.6. The zero-order chi connectivity index (χ0) is 20.9. The lowest BCUT2D eigenvalue weighted by Gasteiger charge is -2.28. The van der Waals surface area contributed by atoms with Gasteiger partial charge in [-0.15, -0.1) is 0 Å². The van der Waals surface area contributed by atoms with E-state index in [1.165, 1.54) is 37.2 Å². The molecule has 5 rings (SSSR count). The number of fused-ring (bicyclic) bond motifs is 1. The molecule has 0 spiro atoms. The van der Waals surface area contributed by atoms with E-state index in [4.69, 9.17) is 0 Å². The number of pyridine rings is 1. The number of aromatic nitrogens is 3. The van der Waals surface area contributed by atoms with E-state index in [0.29, 0.717) is 16.8 Å². The highest BCUT2D eigenvalue weighted by molar-refractivity contribution is 5.77. The summed E-state index contributed by atoms with van der Waals surface area (Å²) in [6.07, 6.45) is 5.80. The summed E-state index contributed by atoms with van der Waals surface area (Å²) in [6, 6.07) is 7.32. The number of aromatic amines is 1. The highest BCUT2D eigenvalue weighted by atomic mass is 19.1. The fourth-order valence-corrected chi connectivity index (χ4v) is 3.97. The van der Waals surface area contributed by atoms with Gasteiger partial charge in [0.15, 0.2) is 0 Å². The van der Waals surface area contributed by atoms with Gasteiger partial charge in [0, 0.05) is 32.1 Å². The van der Waals surface area contributed by atoms with E-state index in [1.54, 1.807) is 12.1 Å². The molecule has 3 aromatic rings. The van der Waals surface area contributed by atoms with E-state index in [9.17, 15) is 13.6 Å². The van der Waals surface area contributed by atoms with Crippen molar-refractivity contribution < 1.29 is 8.78 Å². The lowest BCUT2D eigenvalue weighted by atomic mass is 10.1. The van der Waals surface area contributed by atoms with Crippen molar-refractivity contribution in [1.82, 2.24) is 20.3 Å². The first-order valence-electron chi connectivity index (χ1n) is 10.4. The number of halogens is 2. The average Bonchev–Trinajstić information content (AvgIpc) is 3.31. The highest BCUT2D eigenvalue weighted by Gasteiger charge is 2.20. The number of nitrogens with zero attached hydrogens (tertiary/aromatic N) is 3. The Bertz CT molecular complexity index is 1040. The summed E-state index contributed by atoms with van der Waals surface area (Å²) >= 11 is 0. The molecule has 0 unspecified atom stereocenters. The summed E-state index contributed by atoms with van der Waals surface area (Å²) in [6.45, 7) is 3.83. The number of hydrogen-bond donors (Lipinski definition) is 2. The third-order valence-electron chi connectivity index (χ3n) is 5.58. The van der Waals surface area contributed by atoms with Crippen molar-refractivity contribution in [2.75, 3.05) is 31.1 Å². The molecule has 8 heteroatoms. The van der Waals surface area contributed by atoms with Gasteiger partial charge in [-0.25, -0.2) is 18.7 Å². The number of benzene rings is 1. The first-order valence-corrected chi connectivity index (χ1v) is 10.4. The SMILES string of the molecule is Fc1ccc(N2CCNCC2)nc1.O=c1[nH]c(C2CCCC2)nc2ccc(F)cc12. The molecule has 1 aromatic carbocycles. The van der Waals surface area contributed by atoms with Crippen LogP contribution in [0.3, 0.4) is 0 Å². The number of H-pyrrole nitrogens is 1. The van der Waals surface area contributed by atoms with E-state index in [2.05, 4.69) is 25.2 Å². The maximum atomic E-state index is 13.0. The van der Waals surface area contributed by atoms with Gasteiger partial charge in [0.05, 0.1) is 17.1 Å². The van der Waals surface area contributed by atoms with Gasteiger partial charge in [-0.1, -0.05) is 12.8 Å². The maximum Gasteiger partial charge on any atom is 0.258 e. The quantitative estimate of drug-likeness (QED) is 0.674. The topological polar surface area (TPSA) is 73.9 Å². The number of nitrogens with one attached hydrogen (secondary N) is 2. The summed E-state index contributed by atoms with van der Waals surface area (Å²) in [5.74, 6) is 1.30. The Kier molecular flexibility index (Phi) is 6.32. The Morgan fingerprint density at radius 2 is 1.73 bits per heavy atom. The van der Waals surface area contributed by atoms with Crippen LogP contribution < -0.4 is 15.8 Å². The summed E-state index contributed by atoms with van der Waals surface area (Å²) in [7, 11) is 0. The van der Waals surface area contributed by atoms with E-state index >= 15 is 0 Å². The van der Waals surface area contributed by atoms with E-state index in [1.807, 2.05) is 0 Å². The second-order valence-electron chi connectivity index (χ2n) is 7.67. The Morgan fingerprint density at radius 1 is 1.00 bits per heavy atom. The highest BCUT2D eigenvalue weighted by Crippen LogP contribution is 2.31. The van der Waals surface area contributed by atoms with Gasteiger partial charge < -0.3 is 15.2 Å². The van der Waals surface area contributed by atoms with Gasteiger partial charge in [0.2, 0.25) is 0 Å². The number of piperazine rings is 1. The van der Waals surface area contributed by atoms with Crippen LogP contribution in [0.4, 0.5) is 14.6 Å². The van der Waals surface area contributed by atoms with Crippen LogP contribution in [0.2, 0.25) is 0 Å². The minimum absolute atomic E-state index is 0.239. The van der Waals surface area contributed by atoms with Gasteiger partial charge >= 0.3 is 0 Å². The average molecular weight is 413 g/mol. The van der Waals surface area contributed by atoms with Crippen molar-refractivity contribution in [1.29, 1.82) is 0 Å². The van der Waals surface area contributed by atoms with Crippen LogP contribution in [0.1, 0.15) is 37.4 Å². The van der Waals surface area contributed by atoms with Crippen molar-refractivity contribution in [3.63, 3.8) is 0 Å². The fraction of sp³-hybridized carbons (Fsp3) is 0.409. The second kappa shape index (κ2) is 9.30. The molecule has 2 N–H and O–H groups in total. The molecular weight excluding hydrogens is 388 g/mol. The predicted octanol–water partition coefficient (Wildman–Crippen LogP) is 3.35. The van der Waals surface area contributed by atoms with Crippen LogP contribution in [0.5, 0.6) is 0 Å². The summed E-state index contributed by atoms with van der Waals surface area (Å²) in [5, 5.41) is 3.58. The van der Waals surface area contributed by atoms with Crippen molar-refractivity contribution in [2.24, 2.45) is 0 Å². The number of hydrogen-bond acceptors (Lipinski definition) is 5. The van der Waals surface area contributed by atoms with Crippen LogP contribution >= 0.6 is 0 Å². The van der Waals surface area contributed by atoms with Crippen LogP contribution in [0, 0.1) is 11.6 Å². The van der Waals surface area contributed by atoms with E-state index < -0.39 is 5.82 Å². The van der Waals surface area contributed by atoms with Gasteiger partial charge in [0.1, 0.15) is 23.3 Å². The minimum Gasteiger partial charge on any atom is -0.354 e. The fourth-order valence-electron chi connectivity index (χ4n) is 3.97. The predicted molar refractivity (Wildman–Crippen MR) is 113 cm³/mol. The third-order valence-corrected chi connectivity index (χ3v) is 5.58. The molecule has 6 nitrogen and oxygen atoms in total. The molecule has 0 radical (unpaired) electrons. The number of rotatable bonds is 2. The Balaban J connectivity index is 0.000000151. The van der Waals surface area contributed by atoms with Gasteiger partial charge in [0.25, 0.3) is 5.56 Å². The van der Waals surface area contributed by atoms with Crippen molar-refractivity contribution in [3.05, 3.63) is 64.3 Å². The molecule has 1 aliphatic carbocycles. The Labute approximate surface area is 173 Å². The van der Waals surface area contributed by atoms with E-state index in [-0.39, 0.29) is 11.4 Å². The zero-order valence-electron chi connectivity index (χ0n) is 16.7. The van der Waals surface area contributed by atoms with Crippen molar-refractivity contribution in [3.8, 4) is 0 Å². The third kappa shape index (κ3) is 4.81. The molecule has 1 saturated heterocycles. The second-order valence-corrected chi connectivity index (χ2v) is 7.67. The maximum absolute atomic E-state index is 13.0. The lowest BCUT2D eigenvalue weighted by molar-refractivity contribution is 0.581. The smallest absolute Gasteiger partial charge is 0.258 e.